The maximum absolute atomic E-state index is 12.7. The van der Waals surface area contributed by atoms with E-state index in [1.54, 1.807) is 31.4 Å². The number of hydrogen-bond acceptors (Lipinski definition) is 6. The molecule has 6 nitrogen and oxygen atoms in total. The van der Waals surface area contributed by atoms with E-state index in [2.05, 4.69) is 5.10 Å². The number of thioether (sulfide) groups is 1. The number of hydrazone groups is 1. The lowest BCUT2D eigenvalue weighted by molar-refractivity contribution is -0.139. The van der Waals surface area contributed by atoms with Gasteiger partial charge in [-0.25, -0.2) is 5.01 Å². The third kappa shape index (κ3) is 4.93. The summed E-state index contributed by atoms with van der Waals surface area (Å²) in [6, 6.07) is 10.7. The lowest BCUT2D eigenvalue weighted by Gasteiger charge is -2.19. The molecule has 2 heterocycles. The van der Waals surface area contributed by atoms with Gasteiger partial charge in [0.15, 0.2) is 0 Å². The number of benzene rings is 1. The van der Waals surface area contributed by atoms with Crippen LogP contribution in [-0.4, -0.2) is 40.7 Å². The summed E-state index contributed by atoms with van der Waals surface area (Å²) in [5, 5.41) is 6.61. The lowest BCUT2D eigenvalue weighted by atomic mass is 10.0. The van der Waals surface area contributed by atoms with Crippen molar-refractivity contribution in [2.24, 2.45) is 5.10 Å². The summed E-state index contributed by atoms with van der Waals surface area (Å²) in [5.74, 6) is 0.422. The zero-order chi connectivity index (χ0) is 19.2. The molecule has 142 valence electrons. The van der Waals surface area contributed by atoms with E-state index in [-0.39, 0.29) is 29.4 Å². The Kier molecular flexibility index (Phi) is 6.58. The van der Waals surface area contributed by atoms with Gasteiger partial charge in [-0.1, -0.05) is 23.7 Å². The van der Waals surface area contributed by atoms with Gasteiger partial charge in [0.25, 0.3) is 5.91 Å². The number of nitrogens with zero attached hydrogens (tertiary/aromatic N) is 2. The van der Waals surface area contributed by atoms with E-state index >= 15 is 0 Å². The Bertz CT molecular complexity index is 821. The second-order valence-electron chi connectivity index (χ2n) is 5.83. The van der Waals surface area contributed by atoms with Crippen molar-refractivity contribution < 1.29 is 18.7 Å². The van der Waals surface area contributed by atoms with Crippen molar-refractivity contribution in [1.82, 2.24) is 5.01 Å². The summed E-state index contributed by atoms with van der Waals surface area (Å²) in [5.41, 5.74) is 1.70. The number of carbonyl (C=O) groups excluding carboxylic acids is 2. The van der Waals surface area contributed by atoms with Gasteiger partial charge in [0.2, 0.25) is 0 Å². The highest BCUT2D eigenvalue weighted by Gasteiger charge is 2.34. The minimum absolute atomic E-state index is 0.132. The Balaban J connectivity index is 1.73. The van der Waals surface area contributed by atoms with Crippen molar-refractivity contribution in [3.05, 3.63) is 59.0 Å². The van der Waals surface area contributed by atoms with Crippen LogP contribution in [0.15, 0.2) is 52.2 Å². The van der Waals surface area contributed by atoms with Gasteiger partial charge in [0, 0.05) is 11.4 Å². The van der Waals surface area contributed by atoms with Crippen molar-refractivity contribution in [3.63, 3.8) is 0 Å². The van der Waals surface area contributed by atoms with Crippen LogP contribution >= 0.6 is 23.4 Å². The molecule has 3 rings (SSSR count). The molecule has 0 fully saturated rings. The quantitative estimate of drug-likeness (QED) is 0.652. The van der Waals surface area contributed by atoms with E-state index in [0.29, 0.717) is 23.8 Å². The van der Waals surface area contributed by atoms with Crippen LogP contribution in [0.3, 0.4) is 0 Å². The van der Waals surface area contributed by atoms with Crippen LogP contribution < -0.4 is 0 Å². The van der Waals surface area contributed by atoms with Gasteiger partial charge in [-0.05, 0) is 36.8 Å². The van der Waals surface area contributed by atoms with Crippen LogP contribution in [0.5, 0.6) is 0 Å². The van der Waals surface area contributed by atoms with E-state index in [4.69, 9.17) is 20.8 Å². The molecule has 1 unspecified atom stereocenters. The summed E-state index contributed by atoms with van der Waals surface area (Å²) < 4.78 is 10.4. The van der Waals surface area contributed by atoms with Gasteiger partial charge in [0.05, 0.1) is 30.1 Å². The minimum Gasteiger partial charge on any atom is -0.467 e. The molecule has 2 aromatic rings. The lowest BCUT2D eigenvalue weighted by Crippen LogP contribution is -2.28. The fourth-order valence-electron chi connectivity index (χ4n) is 2.75. The highest BCUT2D eigenvalue weighted by molar-refractivity contribution is 8.00. The molecule has 0 saturated carbocycles. The number of ether oxygens (including phenoxy) is 1. The molecule has 0 bridgehead atoms. The molecular formula is C19H19ClN2O4S. The second-order valence-corrected chi connectivity index (χ2v) is 7.25. The smallest absolute Gasteiger partial charge is 0.315 e. The first-order valence-corrected chi connectivity index (χ1v) is 10.0. The maximum atomic E-state index is 12.7. The van der Waals surface area contributed by atoms with Gasteiger partial charge < -0.3 is 9.15 Å². The third-order valence-electron chi connectivity index (χ3n) is 3.97. The molecule has 0 aliphatic carbocycles. The average Bonchev–Trinajstić information content (AvgIpc) is 3.32. The molecule has 1 atom stereocenters. The zero-order valence-electron chi connectivity index (χ0n) is 14.8. The molecule has 0 saturated heterocycles. The number of furan rings is 1. The molecule has 1 amide bonds. The van der Waals surface area contributed by atoms with E-state index in [1.165, 1.54) is 16.8 Å². The van der Waals surface area contributed by atoms with Gasteiger partial charge in [-0.2, -0.15) is 5.10 Å². The fraction of sp³-hybridized carbons (Fsp3) is 0.316. The Morgan fingerprint density at radius 1 is 1.30 bits per heavy atom. The minimum atomic E-state index is -0.329. The molecule has 1 aliphatic rings. The summed E-state index contributed by atoms with van der Waals surface area (Å²) in [4.78, 5) is 24.1. The van der Waals surface area contributed by atoms with Crippen LogP contribution in [0.4, 0.5) is 0 Å². The third-order valence-corrected chi connectivity index (χ3v) is 5.11. The standard InChI is InChI=1S/C19H19ClN2O4S/c1-2-25-19(24)12-27-11-18(23)22-16(17-4-3-9-26-17)10-15(21-22)13-5-7-14(20)8-6-13/h3-9,16H,2,10-12H2,1H3. The highest BCUT2D eigenvalue weighted by atomic mass is 35.5. The number of hydrogen-bond donors (Lipinski definition) is 0. The molecule has 1 aromatic heterocycles. The topological polar surface area (TPSA) is 72.1 Å². The Morgan fingerprint density at radius 2 is 2.07 bits per heavy atom. The molecule has 27 heavy (non-hydrogen) atoms. The van der Waals surface area contributed by atoms with Crippen molar-refractivity contribution in [2.75, 3.05) is 18.1 Å². The van der Waals surface area contributed by atoms with E-state index in [9.17, 15) is 9.59 Å². The monoisotopic (exact) mass is 406 g/mol. The van der Waals surface area contributed by atoms with E-state index < -0.39 is 0 Å². The first kappa shape index (κ1) is 19.5. The van der Waals surface area contributed by atoms with E-state index in [0.717, 1.165) is 11.3 Å². The number of esters is 1. The maximum Gasteiger partial charge on any atom is 0.315 e. The van der Waals surface area contributed by atoms with Crippen molar-refractivity contribution in [1.29, 1.82) is 0 Å². The fourth-order valence-corrected chi connectivity index (χ4v) is 3.54. The SMILES string of the molecule is CCOC(=O)CSCC(=O)N1N=C(c2ccc(Cl)cc2)CC1c1ccco1. The van der Waals surface area contributed by atoms with Crippen molar-refractivity contribution in [2.45, 2.75) is 19.4 Å². The predicted molar refractivity (Wildman–Crippen MR) is 105 cm³/mol. The molecule has 0 spiro atoms. The summed E-state index contributed by atoms with van der Waals surface area (Å²) in [6.45, 7) is 2.08. The number of amides is 1. The van der Waals surface area contributed by atoms with Crippen LogP contribution in [-0.2, 0) is 14.3 Å². The van der Waals surface area contributed by atoms with Crippen LogP contribution in [0.1, 0.15) is 30.7 Å². The Hall–Kier alpha value is -2.25. The van der Waals surface area contributed by atoms with Gasteiger partial charge in [-0.15, -0.1) is 11.8 Å². The van der Waals surface area contributed by atoms with Crippen LogP contribution in [0.25, 0.3) is 0 Å². The molecule has 0 radical (unpaired) electrons. The Labute approximate surface area is 166 Å². The van der Waals surface area contributed by atoms with Gasteiger partial charge in [0.1, 0.15) is 11.8 Å². The van der Waals surface area contributed by atoms with Crippen molar-refractivity contribution in [3.8, 4) is 0 Å². The number of halogens is 1. The van der Waals surface area contributed by atoms with E-state index in [1.807, 2.05) is 18.2 Å². The summed E-state index contributed by atoms with van der Waals surface area (Å²) in [7, 11) is 0. The van der Waals surface area contributed by atoms with Crippen LogP contribution in [0, 0.1) is 0 Å². The molecule has 1 aromatic carbocycles. The van der Waals surface area contributed by atoms with Crippen LogP contribution in [0.2, 0.25) is 5.02 Å². The summed E-state index contributed by atoms with van der Waals surface area (Å²) in [6.07, 6.45) is 2.12. The Morgan fingerprint density at radius 3 is 2.74 bits per heavy atom. The van der Waals surface area contributed by atoms with Gasteiger partial charge in [-0.3, -0.25) is 9.59 Å². The van der Waals surface area contributed by atoms with Gasteiger partial charge >= 0.3 is 5.97 Å². The molecular weight excluding hydrogens is 388 g/mol. The molecule has 1 aliphatic heterocycles. The largest absolute Gasteiger partial charge is 0.467 e. The van der Waals surface area contributed by atoms with Crippen molar-refractivity contribution >= 4 is 41.0 Å². The number of rotatable bonds is 7. The number of carbonyl (C=O) groups is 2. The molecule has 8 heteroatoms. The average molecular weight is 407 g/mol. The second kappa shape index (κ2) is 9.10. The first-order chi connectivity index (χ1) is 13.1. The zero-order valence-corrected chi connectivity index (χ0v) is 16.3. The normalized spacial score (nSPS) is 16.3. The highest BCUT2D eigenvalue weighted by Crippen LogP contribution is 2.33. The predicted octanol–water partition coefficient (Wildman–Crippen LogP) is 3.91. The molecule has 0 N–H and O–H groups in total. The summed E-state index contributed by atoms with van der Waals surface area (Å²) >= 11 is 7.16. The first-order valence-electron chi connectivity index (χ1n) is 8.50.